The predicted octanol–water partition coefficient (Wildman–Crippen LogP) is 15.9. The van der Waals surface area contributed by atoms with Crippen molar-refractivity contribution in [3.05, 3.63) is 241 Å². The maximum absolute atomic E-state index is 6.37. The second-order valence-electron chi connectivity index (χ2n) is 16.3. The van der Waals surface area contributed by atoms with E-state index in [-0.39, 0.29) is 0 Å². The highest BCUT2D eigenvalue weighted by molar-refractivity contribution is 6.20. The third-order valence-electron chi connectivity index (χ3n) is 13.3. The van der Waals surface area contributed by atoms with Crippen molar-refractivity contribution in [2.45, 2.75) is 5.41 Å². The highest BCUT2D eigenvalue weighted by Crippen LogP contribution is 2.60. The van der Waals surface area contributed by atoms with Crippen molar-refractivity contribution >= 4 is 65.0 Å². The van der Waals surface area contributed by atoms with E-state index < -0.39 is 5.41 Å². The molecule has 0 saturated heterocycles. The summed E-state index contributed by atoms with van der Waals surface area (Å²) in [5.74, 6) is 0. The molecule has 0 fully saturated rings. The van der Waals surface area contributed by atoms with Crippen molar-refractivity contribution in [1.29, 1.82) is 0 Å². The molecule has 0 atom stereocenters. The number of hydrogen-bond acceptors (Lipinski definition) is 1. The average molecular weight is 761 g/mol. The molecule has 278 valence electrons. The van der Waals surface area contributed by atoms with Crippen LogP contribution >= 0.6 is 0 Å². The fourth-order valence-corrected chi connectivity index (χ4v) is 10.8. The van der Waals surface area contributed by atoms with Crippen molar-refractivity contribution in [2.75, 3.05) is 0 Å². The first-order valence-electron chi connectivity index (χ1n) is 20.8. The van der Waals surface area contributed by atoms with Crippen LogP contribution in [0.25, 0.3) is 98.4 Å². The molecule has 0 amide bonds. The van der Waals surface area contributed by atoms with E-state index in [1.54, 1.807) is 0 Å². The van der Waals surface area contributed by atoms with Gasteiger partial charge in [-0.15, -0.1) is 0 Å². The van der Waals surface area contributed by atoms with E-state index in [0.29, 0.717) is 0 Å². The molecule has 1 nitrogen and oxygen atoms in total. The molecule has 13 rings (SSSR count). The Morgan fingerprint density at radius 1 is 0.283 bits per heavy atom. The summed E-state index contributed by atoms with van der Waals surface area (Å²) >= 11 is 0. The van der Waals surface area contributed by atoms with Gasteiger partial charge in [-0.1, -0.05) is 182 Å². The number of furan rings is 1. The standard InChI is InChI=1S/C59H36O/c1-3-18-42(19-4-1)59(43-20-5-2-6-21-43)52-36-41(56-45-23-11-8-16-38(45)33-50-44-22-10-7-15-37(44)27-30-48(50)56)28-31-49(52)58-53(59)35-39-17-9-12-24-46(39)57(58)40-29-32-55-51(34-40)47-25-13-14-26-54(47)60-55/h1-36H. The van der Waals surface area contributed by atoms with Gasteiger partial charge < -0.3 is 4.42 Å². The van der Waals surface area contributed by atoms with Crippen LogP contribution in [0.1, 0.15) is 22.3 Å². The minimum Gasteiger partial charge on any atom is -0.456 e. The van der Waals surface area contributed by atoms with E-state index in [4.69, 9.17) is 4.42 Å². The lowest BCUT2D eigenvalue weighted by Crippen LogP contribution is -2.28. The Balaban J connectivity index is 1.19. The molecule has 0 unspecified atom stereocenters. The van der Waals surface area contributed by atoms with Crippen LogP contribution in [0.3, 0.4) is 0 Å². The van der Waals surface area contributed by atoms with E-state index in [2.05, 4.69) is 212 Å². The molecular weight excluding hydrogens is 725 g/mol. The molecule has 12 aromatic rings. The topological polar surface area (TPSA) is 13.1 Å². The first kappa shape index (κ1) is 33.3. The van der Waals surface area contributed by atoms with Gasteiger partial charge in [-0.05, 0) is 135 Å². The minimum atomic E-state index is -0.610. The first-order chi connectivity index (χ1) is 29.8. The molecule has 1 heteroatoms. The molecule has 1 aliphatic rings. The molecule has 60 heavy (non-hydrogen) atoms. The summed E-state index contributed by atoms with van der Waals surface area (Å²) in [7, 11) is 0. The normalized spacial score (nSPS) is 13.1. The Kier molecular flexibility index (Phi) is 7.00. The van der Waals surface area contributed by atoms with Crippen LogP contribution in [0.4, 0.5) is 0 Å². The third-order valence-corrected chi connectivity index (χ3v) is 13.3. The van der Waals surface area contributed by atoms with E-state index in [9.17, 15) is 0 Å². The van der Waals surface area contributed by atoms with Gasteiger partial charge in [0.05, 0.1) is 5.41 Å². The lowest BCUT2D eigenvalue weighted by Gasteiger charge is -2.34. The summed E-state index contributed by atoms with van der Waals surface area (Å²) in [5, 5.41) is 12.3. The average Bonchev–Trinajstić information content (AvgIpc) is 3.83. The summed E-state index contributed by atoms with van der Waals surface area (Å²) in [4.78, 5) is 0. The molecule has 0 bridgehead atoms. The van der Waals surface area contributed by atoms with E-state index in [0.717, 1.165) is 21.9 Å². The van der Waals surface area contributed by atoms with Gasteiger partial charge in [0.1, 0.15) is 11.2 Å². The van der Waals surface area contributed by atoms with Gasteiger partial charge in [0.25, 0.3) is 0 Å². The molecular formula is C59H36O. The van der Waals surface area contributed by atoms with Crippen LogP contribution in [0.2, 0.25) is 0 Å². The largest absolute Gasteiger partial charge is 0.456 e. The van der Waals surface area contributed by atoms with E-state index >= 15 is 0 Å². The molecule has 0 aliphatic heterocycles. The molecule has 1 heterocycles. The van der Waals surface area contributed by atoms with Crippen molar-refractivity contribution < 1.29 is 4.42 Å². The summed E-state index contributed by atoms with van der Waals surface area (Å²) in [6.07, 6.45) is 0. The predicted molar refractivity (Wildman–Crippen MR) is 252 cm³/mol. The van der Waals surface area contributed by atoms with Crippen LogP contribution in [0, 0.1) is 0 Å². The van der Waals surface area contributed by atoms with Gasteiger partial charge in [0.15, 0.2) is 0 Å². The van der Waals surface area contributed by atoms with Crippen molar-refractivity contribution in [3.8, 4) is 33.4 Å². The first-order valence-corrected chi connectivity index (χ1v) is 20.8. The monoisotopic (exact) mass is 760 g/mol. The number of hydrogen-bond donors (Lipinski definition) is 0. The second-order valence-corrected chi connectivity index (χ2v) is 16.3. The Morgan fingerprint density at radius 3 is 1.60 bits per heavy atom. The van der Waals surface area contributed by atoms with Gasteiger partial charge in [0, 0.05) is 10.8 Å². The SMILES string of the molecule is c1ccc(C2(c3ccccc3)c3cc(-c4c5ccccc5cc5c4ccc4ccccc45)ccc3-c3c2cc2ccccc2c3-c2ccc3oc4ccccc4c3c2)cc1. The Bertz CT molecular complexity index is 3660. The summed E-state index contributed by atoms with van der Waals surface area (Å²) < 4.78 is 6.37. The van der Waals surface area contributed by atoms with Crippen LogP contribution in [0.5, 0.6) is 0 Å². The van der Waals surface area contributed by atoms with Crippen LogP contribution in [0.15, 0.2) is 223 Å². The van der Waals surface area contributed by atoms with Crippen LogP contribution < -0.4 is 0 Å². The molecule has 1 aromatic heterocycles. The number of benzene rings is 11. The van der Waals surface area contributed by atoms with Gasteiger partial charge in [-0.3, -0.25) is 0 Å². The Morgan fingerprint density at radius 2 is 0.850 bits per heavy atom. The summed E-state index contributed by atoms with van der Waals surface area (Å²) in [6, 6.07) is 81.0. The molecule has 11 aromatic carbocycles. The lowest BCUT2D eigenvalue weighted by molar-refractivity contribution is 0.669. The maximum atomic E-state index is 6.37. The summed E-state index contributed by atoms with van der Waals surface area (Å²) in [6.45, 7) is 0. The maximum Gasteiger partial charge on any atom is 0.135 e. The van der Waals surface area contributed by atoms with Crippen molar-refractivity contribution in [3.63, 3.8) is 0 Å². The summed E-state index contributed by atoms with van der Waals surface area (Å²) in [5.41, 5.74) is 13.7. The second kappa shape index (κ2) is 12.6. The third kappa shape index (κ3) is 4.58. The highest BCUT2D eigenvalue weighted by Gasteiger charge is 2.47. The van der Waals surface area contributed by atoms with Gasteiger partial charge >= 0.3 is 0 Å². The van der Waals surface area contributed by atoms with Gasteiger partial charge in [-0.2, -0.15) is 0 Å². The van der Waals surface area contributed by atoms with Crippen LogP contribution in [-0.4, -0.2) is 0 Å². The van der Waals surface area contributed by atoms with Crippen molar-refractivity contribution in [2.24, 2.45) is 0 Å². The zero-order valence-electron chi connectivity index (χ0n) is 32.7. The molecule has 1 aliphatic carbocycles. The Hall–Kier alpha value is -7.74. The zero-order valence-corrected chi connectivity index (χ0v) is 32.7. The number of fused-ring (bicyclic) bond motifs is 11. The highest BCUT2D eigenvalue weighted by atomic mass is 16.3. The van der Waals surface area contributed by atoms with E-state index in [1.165, 1.54) is 98.7 Å². The van der Waals surface area contributed by atoms with E-state index in [1.807, 2.05) is 6.07 Å². The minimum absolute atomic E-state index is 0.610. The quantitative estimate of drug-likeness (QED) is 0.129. The molecule has 0 radical (unpaired) electrons. The fourth-order valence-electron chi connectivity index (χ4n) is 10.8. The Labute approximate surface area is 347 Å². The molecule has 0 spiro atoms. The zero-order chi connectivity index (χ0) is 39.4. The van der Waals surface area contributed by atoms with Gasteiger partial charge in [-0.25, -0.2) is 0 Å². The number of para-hydroxylation sites is 1. The molecule has 0 N–H and O–H groups in total. The fraction of sp³-hybridized carbons (Fsp3) is 0.0169. The smallest absolute Gasteiger partial charge is 0.135 e. The lowest BCUT2D eigenvalue weighted by atomic mass is 9.67. The number of rotatable bonds is 4. The van der Waals surface area contributed by atoms with Crippen molar-refractivity contribution in [1.82, 2.24) is 0 Å². The van der Waals surface area contributed by atoms with Gasteiger partial charge in [0.2, 0.25) is 0 Å². The molecule has 0 saturated carbocycles. The van der Waals surface area contributed by atoms with Crippen LogP contribution in [-0.2, 0) is 5.41 Å².